The Labute approximate surface area is 151 Å². The molecule has 1 aromatic carbocycles. The first-order chi connectivity index (χ1) is 10.2. The van der Waals surface area contributed by atoms with Crippen LogP contribution in [-0.2, 0) is 0 Å². The summed E-state index contributed by atoms with van der Waals surface area (Å²) in [7, 11) is 5.34. The minimum atomic E-state index is 0. The SMILES string of the molecule is CCN(CC)C(CNC(=NC)NC)c1cccc(OC)c1.I. The highest BCUT2D eigenvalue weighted by molar-refractivity contribution is 14.0. The van der Waals surface area contributed by atoms with Crippen LogP contribution >= 0.6 is 24.0 Å². The molecule has 0 aromatic heterocycles. The van der Waals surface area contributed by atoms with E-state index >= 15 is 0 Å². The maximum Gasteiger partial charge on any atom is 0.190 e. The van der Waals surface area contributed by atoms with Crippen molar-refractivity contribution in [2.45, 2.75) is 19.9 Å². The molecule has 1 atom stereocenters. The fraction of sp³-hybridized carbons (Fsp3) is 0.562. The predicted octanol–water partition coefficient (Wildman–Crippen LogP) is 2.49. The van der Waals surface area contributed by atoms with E-state index in [1.165, 1.54) is 5.56 Å². The average molecular weight is 420 g/mol. The minimum absolute atomic E-state index is 0. The molecule has 1 rings (SSSR count). The number of nitrogens with zero attached hydrogens (tertiary/aromatic N) is 2. The number of halogens is 1. The van der Waals surface area contributed by atoms with Gasteiger partial charge in [-0.15, -0.1) is 24.0 Å². The zero-order valence-corrected chi connectivity index (χ0v) is 16.5. The standard InChI is InChI=1S/C16H28N4O.HI/c1-6-20(7-2)15(12-19-16(17-3)18-4)13-9-8-10-14(11-13)21-5;/h8-11,15H,6-7,12H2,1-5H3,(H2,17,18,19);1H. The van der Waals surface area contributed by atoms with Gasteiger partial charge in [0.15, 0.2) is 5.96 Å². The number of likely N-dealkylation sites (N-methyl/N-ethyl adjacent to an activating group) is 1. The third-order valence-electron chi connectivity index (χ3n) is 3.65. The van der Waals surface area contributed by atoms with Crippen LogP contribution in [0.3, 0.4) is 0 Å². The van der Waals surface area contributed by atoms with Gasteiger partial charge in [0.1, 0.15) is 5.75 Å². The predicted molar refractivity (Wildman–Crippen MR) is 104 cm³/mol. The van der Waals surface area contributed by atoms with Gasteiger partial charge in [0.2, 0.25) is 0 Å². The fourth-order valence-corrected chi connectivity index (χ4v) is 2.44. The minimum Gasteiger partial charge on any atom is -0.497 e. The molecule has 5 nitrogen and oxygen atoms in total. The summed E-state index contributed by atoms with van der Waals surface area (Å²) in [4.78, 5) is 6.59. The van der Waals surface area contributed by atoms with E-state index in [1.54, 1.807) is 14.2 Å². The van der Waals surface area contributed by atoms with Gasteiger partial charge in [-0.1, -0.05) is 26.0 Å². The highest BCUT2D eigenvalue weighted by Gasteiger charge is 2.18. The highest BCUT2D eigenvalue weighted by Crippen LogP contribution is 2.23. The number of hydrogen-bond donors (Lipinski definition) is 2. The normalized spacial score (nSPS) is 12.5. The Bertz CT molecular complexity index is 450. The van der Waals surface area contributed by atoms with E-state index in [0.29, 0.717) is 0 Å². The maximum absolute atomic E-state index is 5.34. The molecule has 126 valence electrons. The first-order valence-corrected chi connectivity index (χ1v) is 7.46. The van der Waals surface area contributed by atoms with Crippen molar-refractivity contribution in [3.05, 3.63) is 29.8 Å². The molecule has 0 heterocycles. The lowest BCUT2D eigenvalue weighted by Gasteiger charge is -2.31. The molecule has 0 radical (unpaired) electrons. The van der Waals surface area contributed by atoms with Gasteiger partial charge in [-0.2, -0.15) is 0 Å². The lowest BCUT2D eigenvalue weighted by atomic mass is 10.0. The Morgan fingerprint density at radius 2 is 2.00 bits per heavy atom. The van der Waals surface area contributed by atoms with E-state index in [0.717, 1.165) is 31.3 Å². The van der Waals surface area contributed by atoms with Gasteiger partial charge in [-0.05, 0) is 30.8 Å². The smallest absolute Gasteiger partial charge is 0.190 e. The molecule has 0 amide bonds. The Morgan fingerprint density at radius 1 is 1.32 bits per heavy atom. The van der Waals surface area contributed by atoms with Crippen LogP contribution in [0.4, 0.5) is 0 Å². The second kappa shape index (κ2) is 11.5. The van der Waals surface area contributed by atoms with Crippen LogP contribution < -0.4 is 15.4 Å². The van der Waals surface area contributed by atoms with Gasteiger partial charge < -0.3 is 15.4 Å². The summed E-state index contributed by atoms with van der Waals surface area (Å²) in [5, 5.41) is 6.41. The molecule has 0 saturated carbocycles. The summed E-state index contributed by atoms with van der Waals surface area (Å²) in [5.74, 6) is 1.69. The van der Waals surface area contributed by atoms with Crippen molar-refractivity contribution in [2.24, 2.45) is 4.99 Å². The number of hydrogen-bond acceptors (Lipinski definition) is 3. The van der Waals surface area contributed by atoms with E-state index in [1.807, 2.05) is 19.2 Å². The second-order valence-electron chi connectivity index (χ2n) is 4.72. The summed E-state index contributed by atoms with van der Waals surface area (Å²) in [6, 6.07) is 8.54. The monoisotopic (exact) mass is 420 g/mol. The Morgan fingerprint density at radius 3 is 2.50 bits per heavy atom. The second-order valence-corrected chi connectivity index (χ2v) is 4.72. The summed E-state index contributed by atoms with van der Waals surface area (Å²) >= 11 is 0. The van der Waals surface area contributed by atoms with Crippen LogP contribution in [0.5, 0.6) is 5.75 Å². The molecular formula is C16H29IN4O. The third kappa shape index (κ3) is 6.00. The molecule has 0 fully saturated rings. The Kier molecular flexibility index (Phi) is 11.0. The summed E-state index contributed by atoms with van der Waals surface area (Å²) in [6.45, 7) is 7.16. The number of ether oxygens (including phenoxy) is 1. The quantitative estimate of drug-likeness (QED) is 0.404. The molecule has 0 aliphatic carbocycles. The van der Waals surface area contributed by atoms with Crippen LogP contribution in [0, 0.1) is 0 Å². The molecule has 1 unspecified atom stereocenters. The van der Waals surface area contributed by atoms with Gasteiger partial charge in [-0.3, -0.25) is 9.89 Å². The molecule has 0 aliphatic heterocycles. The number of methoxy groups -OCH3 is 1. The molecule has 1 aromatic rings. The van der Waals surface area contributed by atoms with Gasteiger partial charge >= 0.3 is 0 Å². The van der Waals surface area contributed by atoms with Crippen molar-refractivity contribution >= 4 is 29.9 Å². The summed E-state index contributed by atoms with van der Waals surface area (Å²) < 4.78 is 5.34. The van der Waals surface area contributed by atoms with E-state index in [2.05, 4.69) is 46.5 Å². The zero-order chi connectivity index (χ0) is 15.7. The van der Waals surface area contributed by atoms with E-state index in [-0.39, 0.29) is 30.0 Å². The van der Waals surface area contributed by atoms with Gasteiger partial charge in [0.05, 0.1) is 13.2 Å². The zero-order valence-electron chi connectivity index (χ0n) is 14.2. The molecule has 22 heavy (non-hydrogen) atoms. The third-order valence-corrected chi connectivity index (χ3v) is 3.65. The molecule has 0 saturated heterocycles. The fourth-order valence-electron chi connectivity index (χ4n) is 2.44. The molecular weight excluding hydrogens is 391 g/mol. The van der Waals surface area contributed by atoms with Crippen molar-refractivity contribution in [3.63, 3.8) is 0 Å². The van der Waals surface area contributed by atoms with Gasteiger partial charge in [0, 0.05) is 20.6 Å². The first kappa shape index (κ1) is 21.0. The summed E-state index contributed by atoms with van der Waals surface area (Å²) in [5.41, 5.74) is 1.25. The lowest BCUT2D eigenvalue weighted by molar-refractivity contribution is 0.218. The Hall–Kier alpha value is -1.02. The van der Waals surface area contributed by atoms with E-state index < -0.39 is 0 Å². The first-order valence-electron chi connectivity index (χ1n) is 7.46. The van der Waals surface area contributed by atoms with E-state index in [9.17, 15) is 0 Å². The van der Waals surface area contributed by atoms with Crippen LogP contribution in [0.25, 0.3) is 0 Å². The topological polar surface area (TPSA) is 48.9 Å². The number of aliphatic imine (C=N–C) groups is 1. The average Bonchev–Trinajstić information content (AvgIpc) is 2.55. The molecule has 0 aliphatic rings. The lowest BCUT2D eigenvalue weighted by Crippen LogP contribution is -2.42. The summed E-state index contributed by atoms with van der Waals surface area (Å²) in [6.07, 6.45) is 0. The van der Waals surface area contributed by atoms with Crippen molar-refractivity contribution in [2.75, 3.05) is 40.8 Å². The van der Waals surface area contributed by atoms with Crippen molar-refractivity contribution < 1.29 is 4.74 Å². The maximum atomic E-state index is 5.34. The number of benzene rings is 1. The van der Waals surface area contributed by atoms with Crippen molar-refractivity contribution in [1.29, 1.82) is 0 Å². The van der Waals surface area contributed by atoms with Gasteiger partial charge in [0.25, 0.3) is 0 Å². The van der Waals surface area contributed by atoms with Crippen LogP contribution in [0.2, 0.25) is 0 Å². The van der Waals surface area contributed by atoms with E-state index in [4.69, 9.17) is 4.74 Å². The van der Waals surface area contributed by atoms with Crippen molar-refractivity contribution in [3.8, 4) is 5.75 Å². The van der Waals surface area contributed by atoms with Crippen LogP contribution in [0.15, 0.2) is 29.3 Å². The largest absolute Gasteiger partial charge is 0.497 e. The van der Waals surface area contributed by atoms with Gasteiger partial charge in [-0.25, -0.2) is 0 Å². The molecule has 0 spiro atoms. The number of nitrogens with one attached hydrogen (secondary N) is 2. The van der Waals surface area contributed by atoms with Crippen LogP contribution in [0.1, 0.15) is 25.5 Å². The van der Waals surface area contributed by atoms with Crippen molar-refractivity contribution in [1.82, 2.24) is 15.5 Å². The Balaban J connectivity index is 0.00000441. The molecule has 0 bridgehead atoms. The highest BCUT2D eigenvalue weighted by atomic mass is 127. The number of rotatable bonds is 7. The number of guanidine groups is 1. The molecule has 2 N–H and O–H groups in total. The van der Waals surface area contributed by atoms with Crippen LogP contribution in [-0.4, -0.2) is 51.7 Å². The molecule has 6 heteroatoms.